The molecule has 1 aromatic carbocycles. The van der Waals surface area contributed by atoms with Crippen LogP contribution >= 0.6 is 0 Å². The van der Waals surface area contributed by atoms with E-state index >= 15 is 0 Å². The minimum atomic E-state index is -0.320. The number of benzene rings is 1. The van der Waals surface area contributed by atoms with Crippen molar-refractivity contribution in [1.82, 2.24) is 15.1 Å². The molecule has 6 heteroatoms. The van der Waals surface area contributed by atoms with Crippen LogP contribution in [0.3, 0.4) is 0 Å². The molecule has 1 aromatic heterocycles. The Bertz CT molecular complexity index is 741. The van der Waals surface area contributed by atoms with Crippen molar-refractivity contribution in [3.8, 4) is 11.3 Å². The van der Waals surface area contributed by atoms with Gasteiger partial charge in [-0.05, 0) is 50.1 Å². The number of amides is 1. The van der Waals surface area contributed by atoms with Gasteiger partial charge in [0, 0.05) is 30.6 Å². The first kappa shape index (κ1) is 17.8. The van der Waals surface area contributed by atoms with Crippen molar-refractivity contribution >= 4 is 5.91 Å². The summed E-state index contributed by atoms with van der Waals surface area (Å²) in [5.74, 6) is -0.341. The van der Waals surface area contributed by atoms with Gasteiger partial charge >= 0.3 is 0 Å². The Balaban J connectivity index is 2.00. The van der Waals surface area contributed by atoms with Crippen molar-refractivity contribution in [3.05, 3.63) is 52.6 Å². The molecule has 128 valence electrons. The maximum absolute atomic E-state index is 13.0. The van der Waals surface area contributed by atoms with Gasteiger partial charge in [-0.1, -0.05) is 6.92 Å². The van der Waals surface area contributed by atoms with Gasteiger partial charge in [-0.25, -0.2) is 9.07 Å². The Kier molecular flexibility index (Phi) is 6.23. The van der Waals surface area contributed by atoms with E-state index in [1.165, 1.54) is 22.9 Å². The Hall–Kier alpha value is -2.50. The number of hydrogen-bond donors (Lipinski definition) is 1. The fraction of sp³-hybridized carbons (Fsp3) is 0.389. The highest BCUT2D eigenvalue weighted by Crippen LogP contribution is 2.15. The van der Waals surface area contributed by atoms with Crippen molar-refractivity contribution in [2.24, 2.45) is 0 Å². The lowest BCUT2D eigenvalue weighted by Gasteiger charge is -2.11. The Morgan fingerprint density at radius 3 is 2.62 bits per heavy atom. The van der Waals surface area contributed by atoms with E-state index in [-0.39, 0.29) is 23.3 Å². The average molecular weight is 331 g/mol. The van der Waals surface area contributed by atoms with E-state index in [0.29, 0.717) is 25.1 Å². The quantitative estimate of drug-likeness (QED) is 0.848. The van der Waals surface area contributed by atoms with E-state index in [1.54, 1.807) is 18.2 Å². The second-order valence-electron chi connectivity index (χ2n) is 5.77. The maximum Gasteiger partial charge on any atom is 0.266 e. The van der Waals surface area contributed by atoms with E-state index < -0.39 is 0 Å². The minimum absolute atomic E-state index is 0.0212. The molecule has 0 saturated heterocycles. The van der Waals surface area contributed by atoms with Crippen molar-refractivity contribution < 1.29 is 9.18 Å². The standard InChI is InChI=1S/C18H22FN3O2/c1-3-13(2)20-17(23)5-4-12-22-18(24)11-10-16(21-22)14-6-8-15(19)9-7-14/h6-11,13H,3-5,12H2,1-2H3,(H,20,23)/t13-/m0/s1. The van der Waals surface area contributed by atoms with Crippen LogP contribution in [-0.2, 0) is 11.3 Å². The molecule has 0 fully saturated rings. The number of aryl methyl sites for hydroxylation is 1. The molecular formula is C18H22FN3O2. The van der Waals surface area contributed by atoms with Gasteiger partial charge in [-0.15, -0.1) is 0 Å². The number of halogens is 1. The number of carbonyl (C=O) groups is 1. The lowest BCUT2D eigenvalue weighted by atomic mass is 10.1. The summed E-state index contributed by atoms with van der Waals surface area (Å²) in [6.07, 6.45) is 1.76. The van der Waals surface area contributed by atoms with Crippen LogP contribution in [0.5, 0.6) is 0 Å². The average Bonchev–Trinajstić information content (AvgIpc) is 2.57. The van der Waals surface area contributed by atoms with Gasteiger partial charge in [0.2, 0.25) is 5.91 Å². The maximum atomic E-state index is 13.0. The molecule has 0 aliphatic heterocycles. The third-order valence-electron chi connectivity index (χ3n) is 3.80. The highest BCUT2D eigenvalue weighted by Gasteiger charge is 2.07. The molecule has 1 atom stereocenters. The largest absolute Gasteiger partial charge is 0.354 e. The first-order valence-corrected chi connectivity index (χ1v) is 8.13. The summed E-state index contributed by atoms with van der Waals surface area (Å²) in [4.78, 5) is 23.6. The molecule has 0 aliphatic carbocycles. The van der Waals surface area contributed by atoms with Crippen LogP contribution in [0.25, 0.3) is 11.3 Å². The molecule has 0 saturated carbocycles. The molecule has 1 N–H and O–H groups in total. The van der Waals surface area contributed by atoms with Crippen molar-refractivity contribution in [3.63, 3.8) is 0 Å². The zero-order valence-corrected chi connectivity index (χ0v) is 14.0. The van der Waals surface area contributed by atoms with Crippen LogP contribution in [-0.4, -0.2) is 21.7 Å². The molecule has 0 radical (unpaired) electrons. The van der Waals surface area contributed by atoms with Gasteiger partial charge in [0.25, 0.3) is 5.56 Å². The Morgan fingerprint density at radius 1 is 1.25 bits per heavy atom. The van der Waals surface area contributed by atoms with Crippen LogP contribution in [0.1, 0.15) is 33.1 Å². The highest BCUT2D eigenvalue weighted by atomic mass is 19.1. The summed E-state index contributed by atoms with van der Waals surface area (Å²) in [6, 6.07) is 9.14. The smallest absolute Gasteiger partial charge is 0.266 e. The molecule has 2 aromatic rings. The minimum Gasteiger partial charge on any atom is -0.354 e. The molecule has 24 heavy (non-hydrogen) atoms. The van der Waals surface area contributed by atoms with Gasteiger partial charge in [-0.3, -0.25) is 9.59 Å². The molecule has 0 spiro atoms. The number of hydrogen-bond acceptors (Lipinski definition) is 3. The molecule has 0 bridgehead atoms. The normalized spacial score (nSPS) is 12.0. The number of nitrogens with zero attached hydrogens (tertiary/aromatic N) is 2. The number of aromatic nitrogens is 2. The predicted octanol–water partition coefficient (Wildman–Crippen LogP) is 2.74. The molecular weight excluding hydrogens is 309 g/mol. The Labute approximate surface area is 140 Å². The van der Waals surface area contributed by atoms with Crippen molar-refractivity contribution in [1.29, 1.82) is 0 Å². The van der Waals surface area contributed by atoms with E-state index in [1.807, 2.05) is 13.8 Å². The second-order valence-corrected chi connectivity index (χ2v) is 5.77. The fourth-order valence-electron chi connectivity index (χ4n) is 2.22. The topological polar surface area (TPSA) is 64.0 Å². The van der Waals surface area contributed by atoms with Crippen molar-refractivity contribution in [2.75, 3.05) is 0 Å². The SMILES string of the molecule is CC[C@H](C)NC(=O)CCCn1nc(-c2ccc(F)cc2)ccc1=O. The number of nitrogens with one attached hydrogen (secondary N) is 1. The third-order valence-corrected chi connectivity index (χ3v) is 3.80. The summed E-state index contributed by atoms with van der Waals surface area (Å²) in [5.41, 5.74) is 1.11. The lowest BCUT2D eigenvalue weighted by Crippen LogP contribution is -2.32. The van der Waals surface area contributed by atoms with Gasteiger partial charge in [-0.2, -0.15) is 5.10 Å². The van der Waals surface area contributed by atoms with E-state index in [9.17, 15) is 14.0 Å². The molecule has 2 rings (SSSR count). The van der Waals surface area contributed by atoms with Crippen molar-refractivity contribution in [2.45, 2.75) is 45.7 Å². The zero-order valence-electron chi connectivity index (χ0n) is 14.0. The predicted molar refractivity (Wildman–Crippen MR) is 91.0 cm³/mol. The van der Waals surface area contributed by atoms with Gasteiger partial charge < -0.3 is 5.32 Å². The van der Waals surface area contributed by atoms with Crippen LogP contribution < -0.4 is 10.9 Å². The summed E-state index contributed by atoms with van der Waals surface area (Å²) in [7, 11) is 0. The van der Waals surface area contributed by atoms with E-state index in [4.69, 9.17) is 0 Å². The van der Waals surface area contributed by atoms with Crippen LogP contribution in [0.4, 0.5) is 4.39 Å². The monoisotopic (exact) mass is 331 g/mol. The van der Waals surface area contributed by atoms with E-state index in [2.05, 4.69) is 10.4 Å². The highest BCUT2D eigenvalue weighted by molar-refractivity contribution is 5.76. The molecule has 1 heterocycles. The molecule has 1 amide bonds. The first-order chi connectivity index (χ1) is 11.5. The first-order valence-electron chi connectivity index (χ1n) is 8.13. The summed E-state index contributed by atoms with van der Waals surface area (Å²) in [5, 5.41) is 7.19. The van der Waals surface area contributed by atoms with Gasteiger partial charge in [0.15, 0.2) is 0 Å². The number of rotatable bonds is 7. The fourth-order valence-corrected chi connectivity index (χ4v) is 2.22. The van der Waals surface area contributed by atoms with Crippen LogP contribution in [0, 0.1) is 5.82 Å². The molecule has 0 unspecified atom stereocenters. The molecule has 0 aliphatic rings. The summed E-state index contributed by atoms with van der Waals surface area (Å²) in [6.45, 7) is 4.33. The summed E-state index contributed by atoms with van der Waals surface area (Å²) >= 11 is 0. The lowest BCUT2D eigenvalue weighted by molar-refractivity contribution is -0.121. The van der Waals surface area contributed by atoms with Crippen LogP contribution in [0.15, 0.2) is 41.2 Å². The second kappa shape index (κ2) is 8.38. The van der Waals surface area contributed by atoms with Crippen LogP contribution in [0.2, 0.25) is 0 Å². The zero-order chi connectivity index (χ0) is 17.5. The molecule has 5 nitrogen and oxygen atoms in total. The Morgan fingerprint density at radius 2 is 1.96 bits per heavy atom. The summed E-state index contributed by atoms with van der Waals surface area (Å²) < 4.78 is 14.3. The third kappa shape index (κ3) is 5.01. The van der Waals surface area contributed by atoms with Gasteiger partial charge in [0.1, 0.15) is 5.82 Å². The number of carbonyl (C=O) groups excluding carboxylic acids is 1. The van der Waals surface area contributed by atoms with E-state index in [0.717, 1.165) is 12.0 Å². The van der Waals surface area contributed by atoms with Gasteiger partial charge in [0.05, 0.1) is 5.69 Å².